The zero-order chi connectivity index (χ0) is 10.8. The van der Waals surface area contributed by atoms with Gasteiger partial charge in [0.2, 0.25) is 6.20 Å². The number of nitrogens with two attached hydrogens (primary N) is 1. The first kappa shape index (κ1) is 9.52. The monoisotopic (exact) mass is 200 g/mol. The summed E-state index contributed by atoms with van der Waals surface area (Å²) in [6, 6.07) is 9.74. The summed E-state index contributed by atoms with van der Waals surface area (Å²) in [6.45, 7) is 1.81. The Balaban J connectivity index is 2.63. The molecular formula is C12H12N2O. The van der Waals surface area contributed by atoms with Gasteiger partial charge in [-0.3, -0.25) is 0 Å². The van der Waals surface area contributed by atoms with Crippen molar-refractivity contribution >= 4 is 0 Å². The van der Waals surface area contributed by atoms with E-state index in [-0.39, 0.29) is 5.75 Å². The summed E-state index contributed by atoms with van der Waals surface area (Å²) < 4.78 is 1.30. The summed E-state index contributed by atoms with van der Waals surface area (Å²) in [6.07, 6.45) is 3.13. The lowest BCUT2D eigenvalue weighted by atomic mass is 10.0. The van der Waals surface area contributed by atoms with Gasteiger partial charge in [-0.15, -0.1) is 0 Å². The molecule has 3 nitrogen and oxygen atoms in total. The molecule has 2 aromatic rings. The van der Waals surface area contributed by atoms with E-state index in [1.165, 1.54) is 10.9 Å². The topological polar surface area (TPSA) is 53.0 Å². The summed E-state index contributed by atoms with van der Waals surface area (Å²) in [5.41, 5.74) is 2.61. The Morgan fingerprint density at radius 1 is 1.13 bits per heavy atom. The lowest BCUT2D eigenvalue weighted by Crippen LogP contribution is -2.44. The van der Waals surface area contributed by atoms with Gasteiger partial charge in [-0.05, 0) is 23.8 Å². The van der Waals surface area contributed by atoms with Crippen LogP contribution in [0.1, 0.15) is 5.56 Å². The Morgan fingerprint density at radius 2 is 1.80 bits per heavy atom. The van der Waals surface area contributed by atoms with Crippen molar-refractivity contribution in [3.63, 3.8) is 0 Å². The third kappa shape index (κ3) is 1.76. The molecule has 2 N–H and O–H groups in total. The third-order valence-corrected chi connectivity index (χ3v) is 2.40. The lowest BCUT2D eigenvalue weighted by molar-refractivity contribution is -0.641. The zero-order valence-electron chi connectivity index (χ0n) is 8.47. The first-order valence-corrected chi connectivity index (χ1v) is 4.72. The summed E-state index contributed by atoms with van der Waals surface area (Å²) in [5.74, 6) is 5.54. The van der Waals surface area contributed by atoms with Crippen molar-refractivity contribution in [1.29, 1.82) is 0 Å². The third-order valence-electron chi connectivity index (χ3n) is 2.40. The molecule has 0 fully saturated rings. The molecule has 76 valence electrons. The van der Waals surface area contributed by atoms with Gasteiger partial charge in [-0.25, -0.2) is 5.84 Å². The van der Waals surface area contributed by atoms with Gasteiger partial charge in [0, 0.05) is 0 Å². The summed E-state index contributed by atoms with van der Waals surface area (Å²) >= 11 is 0. The van der Waals surface area contributed by atoms with Gasteiger partial charge in [-0.2, -0.15) is 0 Å². The molecule has 0 radical (unpaired) electrons. The average Bonchev–Trinajstić information content (AvgIpc) is 2.24. The van der Waals surface area contributed by atoms with Crippen molar-refractivity contribution < 1.29 is 9.78 Å². The molecule has 15 heavy (non-hydrogen) atoms. The normalized spacial score (nSPS) is 10.2. The van der Waals surface area contributed by atoms with Crippen LogP contribution in [0.5, 0.6) is 5.75 Å². The van der Waals surface area contributed by atoms with Crippen LogP contribution in [0.4, 0.5) is 0 Å². The minimum absolute atomic E-state index is 0.0427. The molecule has 0 saturated carbocycles. The summed E-state index contributed by atoms with van der Waals surface area (Å²) in [5, 5.41) is 11.5. The van der Waals surface area contributed by atoms with Crippen molar-refractivity contribution in [2.75, 3.05) is 5.84 Å². The predicted molar refractivity (Wildman–Crippen MR) is 56.4 cm³/mol. The number of nitrogen functional groups attached to an aromatic ring is 1. The molecule has 0 aliphatic carbocycles. The maximum Gasteiger partial charge on any atom is 0.207 e. The largest absolute Gasteiger partial charge is 0.868 e. The zero-order valence-corrected chi connectivity index (χ0v) is 8.47. The van der Waals surface area contributed by atoms with Crippen LogP contribution in [0.15, 0.2) is 42.7 Å². The standard InChI is InChI=1S/C12H12N2O/c1-9-11(7-14(13)8-12(9)15)10-5-3-2-4-6-10/h2-8H,13H2,1H3. The molecule has 2 rings (SSSR count). The van der Waals surface area contributed by atoms with Crippen LogP contribution in [0.2, 0.25) is 0 Å². The molecule has 0 aliphatic heterocycles. The number of hydrogen-bond donors (Lipinski definition) is 1. The van der Waals surface area contributed by atoms with E-state index in [4.69, 9.17) is 5.84 Å². The molecule has 0 atom stereocenters. The van der Waals surface area contributed by atoms with E-state index in [1.807, 2.05) is 37.3 Å². The van der Waals surface area contributed by atoms with Crippen molar-refractivity contribution in [3.05, 3.63) is 48.3 Å². The van der Waals surface area contributed by atoms with Crippen LogP contribution >= 0.6 is 0 Å². The first-order valence-electron chi connectivity index (χ1n) is 4.72. The highest BCUT2D eigenvalue weighted by Gasteiger charge is 2.07. The minimum atomic E-state index is -0.0427. The van der Waals surface area contributed by atoms with Crippen LogP contribution < -0.4 is 15.6 Å². The van der Waals surface area contributed by atoms with E-state index in [0.717, 1.165) is 16.7 Å². The average molecular weight is 200 g/mol. The second-order valence-corrected chi connectivity index (χ2v) is 3.47. The van der Waals surface area contributed by atoms with Gasteiger partial charge in [-0.1, -0.05) is 35.0 Å². The van der Waals surface area contributed by atoms with Gasteiger partial charge in [0.1, 0.15) is 0 Å². The van der Waals surface area contributed by atoms with Gasteiger partial charge in [0.05, 0.1) is 5.56 Å². The molecule has 0 saturated heterocycles. The Bertz CT molecular complexity index is 480. The number of rotatable bonds is 1. The van der Waals surface area contributed by atoms with E-state index in [9.17, 15) is 5.11 Å². The molecule has 1 heterocycles. The fourth-order valence-electron chi connectivity index (χ4n) is 1.56. The van der Waals surface area contributed by atoms with Crippen molar-refractivity contribution in [2.45, 2.75) is 6.92 Å². The van der Waals surface area contributed by atoms with E-state index in [2.05, 4.69) is 0 Å². The predicted octanol–water partition coefficient (Wildman–Crippen LogP) is 0.737. The highest BCUT2D eigenvalue weighted by Crippen LogP contribution is 2.25. The SMILES string of the molecule is Cc1c([O-])c[n+](N)cc1-c1ccccc1. The van der Waals surface area contributed by atoms with Crippen LogP contribution in [-0.4, -0.2) is 0 Å². The Labute approximate surface area is 88.4 Å². The van der Waals surface area contributed by atoms with Gasteiger partial charge in [0.15, 0.2) is 6.20 Å². The minimum Gasteiger partial charge on any atom is -0.868 e. The van der Waals surface area contributed by atoms with Crippen molar-refractivity contribution in [2.24, 2.45) is 0 Å². The highest BCUT2D eigenvalue weighted by molar-refractivity contribution is 5.67. The number of nitrogens with zero attached hydrogens (tertiary/aromatic N) is 1. The van der Waals surface area contributed by atoms with Gasteiger partial charge >= 0.3 is 0 Å². The molecular weight excluding hydrogens is 188 g/mol. The maximum atomic E-state index is 11.5. The molecule has 0 aliphatic rings. The molecule has 0 bridgehead atoms. The van der Waals surface area contributed by atoms with E-state index in [1.54, 1.807) is 6.20 Å². The maximum absolute atomic E-state index is 11.5. The molecule has 1 aromatic heterocycles. The van der Waals surface area contributed by atoms with Crippen LogP contribution in [0.25, 0.3) is 11.1 Å². The molecule has 0 unspecified atom stereocenters. The lowest BCUT2D eigenvalue weighted by Gasteiger charge is -2.11. The van der Waals surface area contributed by atoms with E-state index in [0.29, 0.717) is 0 Å². The van der Waals surface area contributed by atoms with Crippen LogP contribution in [-0.2, 0) is 0 Å². The Morgan fingerprint density at radius 3 is 2.47 bits per heavy atom. The Hall–Kier alpha value is -2.03. The van der Waals surface area contributed by atoms with Crippen LogP contribution in [0, 0.1) is 6.92 Å². The summed E-state index contributed by atoms with van der Waals surface area (Å²) in [7, 11) is 0. The van der Waals surface area contributed by atoms with Gasteiger partial charge in [0.25, 0.3) is 0 Å². The smallest absolute Gasteiger partial charge is 0.207 e. The van der Waals surface area contributed by atoms with Crippen LogP contribution in [0.3, 0.4) is 0 Å². The molecule has 3 heteroatoms. The van der Waals surface area contributed by atoms with Crippen molar-refractivity contribution in [3.8, 4) is 16.9 Å². The highest BCUT2D eigenvalue weighted by atomic mass is 16.3. The number of aromatic nitrogens is 1. The fraction of sp³-hybridized carbons (Fsp3) is 0.0833. The molecule has 1 aromatic carbocycles. The second kappa shape index (κ2) is 3.61. The summed E-state index contributed by atoms with van der Waals surface area (Å²) in [4.78, 5) is 0. The Kier molecular flexibility index (Phi) is 2.29. The second-order valence-electron chi connectivity index (χ2n) is 3.47. The first-order chi connectivity index (χ1) is 7.18. The number of pyridine rings is 1. The number of benzene rings is 1. The van der Waals surface area contributed by atoms with Crippen molar-refractivity contribution in [1.82, 2.24) is 0 Å². The number of hydrogen-bond acceptors (Lipinski definition) is 2. The molecule has 0 amide bonds. The van der Waals surface area contributed by atoms with E-state index >= 15 is 0 Å². The van der Waals surface area contributed by atoms with E-state index < -0.39 is 0 Å². The fourth-order valence-corrected chi connectivity index (χ4v) is 1.56. The molecule has 0 spiro atoms. The quantitative estimate of drug-likeness (QED) is 0.545. The van der Waals surface area contributed by atoms with Gasteiger partial charge < -0.3 is 5.11 Å².